The Morgan fingerprint density at radius 3 is 2.07 bits per heavy atom. The van der Waals surface area contributed by atoms with Gasteiger partial charge in [-0.1, -0.05) is 6.92 Å². The van der Waals surface area contributed by atoms with Crippen LogP contribution in [-0.4, -0.2) is 53.7 Å². The largest absolute Gasteiger partial charge is 0.395 e. The molecule has 0 rings (SSSR count). The second kappa shape index (κ2) is 9.77. The topological polar surface area (TPSA) is 43.7 Å². The number of aliphatic hydroxyl groups is 2. The minimum Gasteiger partial charge on any atom is -0.395 e. The predicted octanol–water partition coefficient (Wildman–Crippen LogP) is 0.619. The van der Waals surface area contributed by atoms with Gasteiger partial charge in [-0.2, -0.15) is 12.6 Å². The fraction of sp³-hybridized carbons (Fsp3) is 1.00. The smallest absolute Gasteiger partial charge is 0.0558 e. The summed E-state index contributed by atoms with van der Waals surface area (Å²) in [6.07, 6.45) is 2.25. The van der Waals surface area contributed by atoms with Gasteiger partial charge in [-0.15, -0.1) is 0 Å². The van der Waals surface area contributed by atoms with Gasteiger partial charge in [-0.05, 0) is 31.1 Å². The molecule has 0 spiro atoms. The highest BCUT2D eigenvalue weighted by Gasteiger charge is 2.06. The quantitative estimate of drug-likeness (QED) is 0.500. The molecule has 0 aliphatic carbocycles. The normalized spacial score (nSPS) is 13.5. The Morgan fingerprint density at radius 2 is 1.64 bits per heavy atom. The fourth-order valence-electron chi connectivity index (χ4n) is 1.39. The highest BCUT2D eigenvalue weighted by atomic mass is 32.1. The molecular formula is C10H23NO2S. The van der Waals surface area contributed by atoms with Crippen LogP contribution in [0, 0.1) is 5.92 Å². The molecule has 1 atom stereocenters. The van der Waals surface area contributed by atoms with Crippen molar-refractivity contribution in [2.45, 2.75) is 19.8 Å². The first-order valence-electron chi connectivity index (χ1n) is 5.29. The molecule has 3 nitrogen and oxygen atoms in total. The van der Waals surface area contributed by atoms with E-state index in [-0.39, 0.29) is 13.2 Å². The lowest BCUT2D eigenvalue weighted by Crippen LogP contribution is -2.31. The summed E-state index contributed by atoms with van der Waals surface area (Å²) < 4.78 is 0. The van der Waals surface area contributed by atoms with E-state index in [0.29, 0.717) is 19.0 Å². The van der Waals surface area contributed by atoms with Crippen LogP contribution in [0.5, 0.6) is 0 Å². The second-order valence-electron chi connectivity index (χ2n) is 3.69. The van der Waals surface area contributed by atoms with E-state index in [1.54, 1.807) is 0 Å². The molecule has 86 valence electrons. The van der Waals surface area contributed by atoms with Crippen molar-refractivity contribution in [2.75, 3.05) is 38.6 Å². The first-order chi connectivity index (χ1) is 6.74. The Kier molecular flexibility index (Phi) is 9.93. The standard InChI is InChI=1S/C10H23NO2S/c1-10(3-9-14)2-4-11(5-7-12)6-8-13/h10,12-14H,2-9H2,1H3. The molecule has 0 radical (unpaired) electrons. The number of hydrogen-bond acceptors (Lipinski definition) is 4. The van der Waals surface area contributed by atoms with E-state index in [9.17, 15) is 0 Å². The first kappa shape index (κ1) is 14.2. The first-order valence-corrected chi connectivity index (χ1v) is 5.92. The number of rotatable bonds is 9. The number of nitrogens with zero attached hydrogens (tertiary/aromatic N) is 1. The van der Waals surface area contributed by atoms with Crippen molar-refractivity contribution in [2.24, 2.45) is 5.92 Å². The molecule has 0 bridgehead atoms. The van der Waals surface area contributed by atoms with Gasteiger partial charge in [0.25, 0.3) is 0 Å². The highest BCUT2D eigenvalue weighted by Crippen LogP contribution is 2.08. The van der Waals surface area contributed by atoms with Gasteiger partial charge in [0.05, 0.1) is 13.2 Å². The van der Waals surface area contributed by atoms with Gasteiger partial charge >= 0.3 is 0 Å². The number of hydrogen-bond donors (Lipinski definition) is 3. The van der Waals surface area contributed by atoms with Crippen LogP contribution < -0.4 is 0 Å². The Bertz CT molecular complexity index is 119. The Labute approximate surface area is 92.5 Å². The lowest BCUT2D eigenvalue weighted by Gasteiger charge is -2.21. The van der Waals surface area contributed by atoms with Crippen molar-refractivity contribution in [3.05, 3.63) is 0 Å². The minimum absolute atomic E-state index is 0.168. The molecule has 0 saturated heterocycles. The summed E-state index contributed by atoms with van der Waals surface area (Å²) >= 11 is 4.19. The van der Waals surface area contributed by atoms with Gasteiger partial charge in [0.1, 0.15) is 0 Å². The van der Waals surface area contributed by atoms with Gasteiger partial charge in [0, 0.05) is 13.1 Å². The SMILES string of the molecule is CC(CCS)CCN(CCO)CCO. The molecular weight excluding hydrogens is 198 g/mol. The van der Waals surface area contributed by atoms with Crippen molar-refractivity contribution < 1.29 is 10.2 Å². The Hall–Kier alpha value is 0.230. The van der Waals surface area contributed by atoms with Gasteiger partial charge in [0.2, 0.25) is 0 Å². The molecule has 0 aromatic carbocycles. The monoisotopic (exact) mass is 221 g/mol. The van der Waals surface area contributed by atoms with Gasteiger partial charge in [-0.3, -0.25) is 4.90 Å². The summed E-state index contributed by atoms with van der Waals surface area (Å²) in [4.78, 5) is 2.09. The molecule has 14 heavy (non-hydrogen) atoms. The Balaban J connectivity index is 3.57. The van der Waals surface area contributed by atoms with Crippen molar-refractivity contribution in [3.8, 4) is 0 Å². The minimum atomic E-state index is 0.168. The van der Waals surface area contributed by atoms with E-state index < -0.39 is 0 Å². The van der Waals surface area contributed by atoms with Crippen molar-refractivity contribution >= 4 is 12.6 Å². The van der Waals surface area contributed by atoms with E-state index in [4.69, 9.17) is 10.2 Å². The zero-order chi connectivity index (χ0) is 10.8. The molecule has 0 aromatic rings. The summed E-state index contributed by atoms with van der Waals surface area (Å²) in [6, 6.07) is 0. The van der Waals surface area contributed by atoms with Crippen LogP contribution in [0.25, 0.3) is 0 Å². The maximum Gasteiger partial charge on any atom is 0.0558 e. The maximum atomic E-state index is 8.80. The highest BCUT2D eigenvalue weighted by molar-refractivity contribution is 7.80. The molecule has 0 amide bonds. The fourth-order valence-corrected chi connectivity index (χ4v) is 1.83. The molecule has 4 heteroatoms. The van der Waals surface area contributed by atoms with Crippen LogP contribution in [0.4, 0.5) is 0 Å². The molecule has 0 aliphatic rings. The van der Waals surface area contributed by atoms with Crippen LogP contribution >= 0.6 is 12.6 Å². The molecule has 0 saturated carbocycles. The zero-order valence-electron chi connectivity index (χ0n) is 9.02. The summed E-state index contributed by atoms with van der Waals surface area (Å²) in [7, 11) is 0. The van der Waals surface area contributed by atoms with Crippen LogP contribution in [0.15, 0.2) is 0 Å². The van der Waals surface area contributed by atoms with Crippen molar-refractivity contribution in [1.29, 1.82) is 0 Å². The van der Waals surface area contributed by atoms with Gasteiger partial charge in [0.15, 0.2) is 0 Å². The lowest BCUT2D eigenvalue weighted by atomic mass is 10.1. The average Bonchev–Trinajstić information content (AvgIpc) is 2.15. The van der Waals surface area contributed by atoms with E-state index >= 15 is 0 Å². The van der Waals surface area contributed by atoms with Gasteiger partial charge in [-0.25, -0.2) is 0 Å². The summed E-state index contributed by atoms with van der Waals surface area (Å²) in [5, 5.41) is 17.6. The van der Waals surface area contributed by atoms with Crippen LogP contribution in [0.2, 0.25) is 0 Å². The molecule has 0 aliphatic heterocycles. The van der Waals surface area contributed by atoms with E-state index in [0.717, 1.165) is 25.1 Å². The van der Waals surface area contributed by atoms with Crippen LogP contribution in [-0.2, 0) is 0 Å². The predicted molar refractivity (Wildman–Crippen MR) is 62.9 cm³/mol. The molecule has 2 N–H and O–H groups in total. The third-order valence-corrected chi connectivity index (χ3v) is 2.65. The zero-order valence-corrected chi connectivity index (χ0v) is 9.92. The maximum absolute atomic E-state index is 8.80. The summed E-state index contributed by atoms with van der Waals surface area (Å²) in [5.74, 6) is 1.61. The summed E-state index contributed by atoms with van der Waals surface area (Å²) in [6.45, 7) is 4.83. The van der Waals surface area contributed by atoms with Crippen LogP contribution in [0.1, 0.15) is 19.8 Å². The lowest BCUT2D eigenvalue weighted by molar-refractivity contribution is 0.155. The second-order valence-corrected chi connectivity index (χ2v) is 4.14. The molecule has 0 heterocycles. The molecule has 0 fully saturated rings. The van der Waals surface area contributed by atoms with E-state index in [1.807, 2.05) is 0 Å². The molecule has 0 aromatic heterocycles. The number of thiol groups is 1. The van der Waals surface area contributed by atoms with E-state index in [1.165, 1.54) is 0 Å². The van der Waals surface area contributed by atoms with Crippen LogP contribution in [0.3, 0.4) is 0 Å². The molecule has 1 unspecified atom stereocenters. The average molecular weight is 221 g/mol. The van der Waals surface area contributed by atoms with E-state index in [2.05, 4.69) is 24.5 Å². The number of aliphatic hydroxyl groups excluding tert-OH is 2. The van der Waals surface area contributed by atoms with Crippen molar-refractivity contribution in [3.63, 3.8) is 0 Å². The Morgan fingerprint density at radius 1 is 1.07 bits per heavy atom. The van der Waals surface area contributed by atoms with Crippen molar-refractivity contribution in [1.82, 2.24) is 4.90 Å². The third kappa shape index (κ3) is 7.62. The van der Waals surface area contributed by atoms with Gasteiger partial charge < -0.3 is 10.2 Å². The summed E-state index contributed by atoms with van der Waals surface area (Å²) in [5.41, 5.74) is 0. The third-order valence-electron chi connectivity index (χ3n) is 2.39.